The number of fused-ring (bicyclic) bond motifs is 1. The molecular formula is C19H25F2N5O. The van der Waals surface area contributed by atoms with Gasteiger partial charge in [-0.1, -0.05) is 18.2 Å². The van der Waals surface area contributed by atoms with Gasteiger partial charge in [0.2, 0.25) is 0 Å². The topological polar surface area (TPSA) is 63.5 Å². The van der Waals surface area contributed by atoms with Crippen LogP contribution in [-0.4, -0.2) is 27.7 Å². The van der Waals surface area contributed by atoms with Crippen molar-refractivity contribution in [2.24, 2.45) is 4.99 Å². The van der Waals surface area contributed by atoms with Gasteiger partial charge >= 0.3 is 6.55 Å². The fourth-order valence-electron chi connectivity index (χ4n) is 3.21. The molecule has 1 aliphatic heterocycles. The molecule has 0 saturated heterocycles. The molecule has 1 aromatic carbocycles. The van der Waals surface area contributed by atoms with Crippen molar-refractivity contribution in [2.45, 2.75) is 51.9 Å². The molecule has 1 aromatic heterocycles. The zero-order chi connectivity index (χ0) is 19.4. The predicted molar refractivity (Wildman–Crippen MR) is 99.9 cm³/mol. The molecular weight excluding hydrogens is 352 g/mol. The van der Waals surface area contributed by atoms with Crippen LogP contribution in [0.4, 0.5) is 8.78 Å². The molecule has 6 nitrogen and oxygen atoms in total. The summed E-state index contributed by atoms with van der Waals surface area (Å²) in [5.41, 5.74) is 0.728. The summed E-state index contributed by atoms with van der Waals surface area (Å²) in [5.74, 6) is 1.61. The lowest BCUT2D eigenvalue weighted by Gasteiger charge is -2.38. The lowest BCUT2D eigenvalue weighted by atomic mass is 9.90. The van der Waals surface area contributed by atoms with E-state index in [1.807, 2.05) is 45.0 Å². The van der Waals surface area contributed by atoms with Gasteiger partial charge in [0.15, 0.2) is 5.96 Å². The van der Waals surface area contributed by atoms with Crippen molar-refractivity contribution in [3.8, 4) is 5.75 Å². The van der Waals surface area contributed by atoms with Gasteiger partial charge in [0.25, 0.3) is 0 Å². The van der Waals surface area contributed by atoms with Gasteiger partial charge in [-0.05, 0) is 26.8 Å². The average Bonchev–Trinajstić information content (AvgIpc) is 3.08. The Morgan fingerprint density at radius 3 is 2.93 bits per heavy atom. The van der Waals surface area contributed by atoms with Crippen LogP contribution in [0.2, 0.25) is 0 Å². The molecule has 27 heavy (non-hydrogen) atoms. The Bertz CT molecular complexity index is 803. The normalized spacial score (nSPS) is 18.7. The van der Waals surface area contributed by atoms with Crippen molar-refractivity contribution in [3.63, 3.8) is 0 Å². The number of aromatic nitrogens is 2. The maximum absolute atomic E-state index is 13.0. The quantitative estimate of drug-likeness (QED) is 0.617. The smallest absolute Gasteiger partial charge is 0.319 e. The molecule has 2 N–H and O–H groups in total. The number of alkyl halides is 2. The van der Waals surface area contributed by atoms with Crippen molar-refractivity contribution in [1.29, 1.82) is 0 Å². The number of ether oxygens (including phenoxy) is 1. The van der Waals surface area contributed by atoms with E-state index in [-0.39, 0.29) is 24.0 Å². The molecule has 0 saturated carbocycles. The number of benzene rings is 1. The molecule has 3 rings (SSSR count). The van der Waals surface area contributed by atoms with Gasteiger partial charge in [0.05, 0.1) is 6.04 Å². The van der Waals surface area contributed by atoms with Gasteiger partial charge in [-0.15, -0.1) is 0 Å². The average molecular weight is 377 g/mol. The summed E-state index contributed by atoms with van der Waals surface area (Å²) >= 11 is 0. The first-order valence-corrected chi connectivity index (χ1v) is 9.02. The Hall–Kier alpha value is -2.64. The van der Waals surface area contributed by atoms with Gasteiger partial charge in [0.1, 0.15) is 23.7 Å². The number of imidazole rings is 1. The minimum Gasteiger partial charge on any atom is -0.487 e. The lowest BCUT2D eigenvalue weighted by molar-refractivity contribution is 0.0668. The Balaban J connectivity index is 1.81. The number of aliphatic imine (C=N–C) groups is 1. The third-order valence-corrected chi connectivity index (χ3v) is 4.37. The van der Waals surface area contributed by atoms with Gasteiger partial charge in [-0.2, -0.15) is 8.78 Å². The first-order chi connectivity index (χ1) is 12.9. The summed E-state index contributed by atoms with van der Waals surface area (Å²) in [6, 6.07) is 7.89. The van der Waals surface area contributed by atoms with E-state index in [9.17, 15) is 8.78 Å². The molecule has 8 heteroatoms. The van der Waals surface area contributed by atoms with E-state index in [0.29, 0.717) is 12.5 Å². The summed E-state index contributed by atoms with van der Waals surface area (Å²) in [6.45, 7) is 4.13. The Morgan fingerprint density at radius 2 is 2.19 bits per heavy atom. The summed E-state index contributed by atoms with van der Waals surface area (Å²) in [7, 11) is 0. The number of guanidine groups is 1. The van der Waals surface area contributed by atoms with Crippen LogP contribution in [-0.2, 0) is 6.54 Å². The zero-order valence-electron chi connectivity index (χ0n) is 15.7. The Morgan fingerprint density at radius 1 is 1.41 bits per heavy atom. The van der Waals surface area contributed by atoms with Crippen LogP contribution in [0.1, 0.15) is 51.2 Å². The number of hydrogen-bond donors (Lipinski definition) is 2. The zero-order valence-corrected chi connectivity index (χ0v) is 15.7. The van der Waals surface area contributed by atoms with E-state index in [1.165, 1.54) is 12.4 Å². The highest BCUT2D eigenvalue weighted by molar-refractivity contribution is 5.80. The molecule has 1 unspecified atom stereocenters. The van der Waals surface area contributed by atoms with Crippen molar-refractivity contribution < 1.29 is 13.5 Å². The Kier molecular flexibility index (Phi) is 5.62. The van der Waals surface area contributed by atoms with E-state index in [2.05, 4.69) is 20.6 Å². The minimum atomic E-state index is -2.63. The van der Waals surface area contributed by atoms with Crippen molar-refractivity contribution in [1.82, 2.24) is 20.2 Å². The third kappa shape index (κ3) is 4.56. The van der Waals surface area contributed by atoms with Crippen LogP contribution >= 0.6 is 0 Å². The summed E-state index contributed by atoms with van der Waals surface area (Å²) in [6.07, 6.45) is 3.36. The van der Waals surface area contributed by atoms with Crippen LogP contribution in [0, 0.1) is 0 Å². The SMILES string of the molecule is CCNC(=NCc1nccn1C(F)F)NC1CC(C)(C)Oc2ccccc21. The van der Waals surface area contributed by atoms with Crippen LogP contribution in [0.15, 0.2) is 41.7 Å². The van der Waals surface area contributed by atoms with Crippen LogP contribution in [0.3, 0.4) is 0 Å². The van der Waals surface area contributed by atoms with Gasteiger partial charge in [-0.3, -0.25) is 4.57 Å². The predicted octanol–water partition coefficient (Wildman–Crippen LogP) is 3.64. The van der Waals surface area contributed by atoms with Crippen molar-refractivity contribution in [3.05, 3.63) is 48.0 Å². The van der Waals surface area contributed by atoms with E-state index < -0.39 is 6.55 Å². The minimum absolute atomic E-state index is 0.00223. The number of nitrogens with zero attached hydrogens (tertiary/aromatic N) is 3. The second kappa shape index (κ2) is 7.94. The molecule has 0 bridgehead atoms. The van der Waals surface area contributed by atoms with Crippen LogP contribution in [0.25, 0.3) is 0 Å². The maximum Gasteiger partial charge on any atom is 0.319 e. The number of para-hydroxylation sites is 1. The Labute approximate surface area is 157 Å². The molecule has 0 radical (unpaired) electrons. The molecule has 2 aromatic rings. The summed E-state index contributed by atoms with van der Waals surface area (Å²) < 4.78 is 32.8. The van der Waals surface area contributed by atoms with E-state index >= 15 is 0 Å². The summed E-state index contributed by atoms with van der Waals surface area (Å²) in [5, 5.41) is 6.59. The van der Waals surface area contributed by atoms with Crippen LogP contribution < -0.4 is 15.4 Å². The molecule has 0 aliphatic carbocycles. The summed E-state index contributed by atoms with van der Waals surface area (Å²) in [4.78, 5) is 8.43. The number of rotatable bonds is 5. The highest BCUT2D eigenvalue weighted by Crippen LogP contribution is 2.39. The molecule has 2 heterocycles. The largest absolute Gasteiger partial charge is 0.487 e. The number of halogens is 2. The fraction of sp³-hybridized carbons (Fsp3) is 0.474. The van der Waals surface area contributed by atoms with Gasteiger partial charge < -0.3 is 15.4 Å². The molecule has 0 amide bonds. The molecule has 1 atom stereocenters. The lowest BCUT2D eigenvalue weighted by Crippen LogP contribution is -2.45. The van der Waals surface area contributed by atoms with E-state index in [0.717, 1.165) is 22.3 Å². The van der Waals surface area contributed by atoms with Crippen LogP contribution in [0.5, 0.6) is 5.75 Å². The number of hydrogen-bond acceptors (Lipinski definition) is 3. The van der Waals surface area contributed by atoms with Gasteiger partial charge in [0, 0.05) is 30.9 Å². The standard InChI is InChI=1S/C19H25F2N5O/c1-4-22-18(24-12-16-23-9-10-26(16)17(20)21)25-14-11-19(2,3)27-15-8-6-5-7-13(14)15/h5-10,14,17H,4,11-12H2,1-3H3,(H2,22,24,25). The second-order valence-corrected chi connectivity index (χ2v) is 7.02. The first kappa shape index (κ1) is 19.1. The molecule has 146 valence electrons. The molecule has 0 spiro atoms. The number of nitrogens with one attached hydrogen (secondary N) is 2. The van der Waals surface area contributed by atoms with Crippen molar-refractivity contribution >= 4 is 5.96 Å². The third-order valence-electron chi connectivity index (χ3n) is 4.37. The van der Waals surface area contributed by atoms with E-state index in [1.54, 1.807) is 0 Å². The van der Waals surface area contributed by atoms with Gasteiger partial charge in [-0.25, -0.2) is 9.98 Å². The maximum atomic E-state index is 13.0. The second-order valence-electron chi connectivity index (χ2n) is 7.02. The first-order valence-electron chi connectivity index (χ1n) is 9.02. The fourth-order valence-corrected chi connectivity index (χ4v) is 3.21. The molecule has 0 fully saturated rings. The van der Waals surface area contributed by atoms with E-state index in [4.69, 9.17) is 4.74 Å². The highest BCUT2D eigenvalue weighted by Gasteiger charge is 2.34. The monoisotopic (exact) mass is 377 g/mol. The highest BCUT2D eigenvalue weighted by atomic mass is 19.3. The van der Waals surface area contributed by atoms with Crippen molar-refractivity contribution in [2.75, 3.05) is 6.54 Å². The molecule has 1 aliphatic rings.